The molecule has 0 atom stereocenters. The first kappa shape index (κ1) is 15.6. The van der Waals surface area contributed by atoms with Gasteiger partial charge in [0.1, 0.15) is 0 Å². The molecule has 1 amide bonds. The molecule has 2 heteroatoms. The quantitative estimate of drug-likeness (QED) is 0.714. The molecular formula is C23H21NO. The van der Waals surface area contributed by atoms with Gasteiger partial charge in [-0.15, -0.1) is 0 Å². The molecule has 0 fully saturated rings. The van der Waals surface area contributed by atoms with Crippen molar-refractivity contribution in [1.29, 1.82) is 0 Å². The van der Waals surface area contributed by atoms with Crippen molar-refractivity contribution in [3.63, 3.8) is 0 Å². The van der Waals surface area contributed by atoms with Crippen LogP contribution in [0.2, 0.25) is 0 Å². The molecule has 0 saturated heterocycles. The van der Waals surface area contributed by atoms with E-state index in [1.165, 1.54) is 16.3 Å². The Hall–Kier alpha value is -2.87. The largest absolute Gasteiger partial charge is 0.343 e. The number of amides is 1. The van der Waals surface area contributed by atoms with E-state index in [1.54, 1.807) is 0 Å². The van der Waals surface area contributed by atoms with Gasteiger partial charge in [0, 0.05) is 5.56 Å². The molecule has 25 heavy (non-hydrogen) atoms. The molecule has 2 nitrogen and oxygen atoms in total. The van der Waals surface area contributed by atoms with Crippen LogP contribution in [0.3, 0.4) is 0 Å². The highest BCUT2D eigenvalue weighted by atomic mass is 16.1. The van der Waals surface area contributed by atoms with E-state index >= 15 is 0 Å². The van der Waals surface area contributed by atoms with E-state index in [0.29, 0.717) is 0 Å². The highest BCUT2D eigenvalue weighted by molar-refractivity contribution is 6.06. The van der Waals surface area contributed by atoms with Crippen molar-refractivity contribution in [2.24, 2.45) is 0 Å². The second-order valence-electron chi connectivity index (χ2n) is 7.09. The number of rotatable bonds is 3. The summed E-state index contributed by atoms with van der Waals surface area (Å²) in [4.78, 5) is 13.0. The summed E-state index contributed by atoms with van der Waals surface area (Å²) < 4.78 is 0. The fourth-order valence-corrected chi connectivity index (χ4v) is 3.61. The number of allylic oxidation sites excluding steroid dienone is 1. The number of hydrogen-bond donors (Lipinski definition) is 1. The number of benzene rings is 3. The molecule has 0 heterocycles. The van der Waals surface area contributed by atoms with Gasteiger partial charge < -0.3 is 5.32 Å². The molecule has 0 saturated carbocycles. The Bertz CT molecular complexity index is 984. The van der Waals surface area contributed by atoms with Crippen LogP contribution in [-0.4, -0.2) is 5.91 Å². The minimum atomic E-state index is -0.433. The summed E-state index contributed by atoms with van der Waals surface area (Å²) in [5.74, 6) is -0.0351. The zero-order valence-corrected chi connectivity index (χ0v) is 14.5. The minimum Gasteiger partial charge on any atom is -0.343 e. The SMILES string of the molecule is CC(C)(NC(=O)c1ccc2cccc3c2c1C=CC3)c1ccccc1. The summed E-state index contributed by atoms with van der Waals surface area (Å²) in [5, 5.41) is 5.59. The van der Waals surface area contributed by atoms with Gasteiger partial charge in [0.25, 0.3) is 5.91 Å². The van der Waals surface area contributed by atoms with Gasteiger partial charge in [0.05, 0.1) is 5.54 Å². The standard InChI is InChI=1S/C23H21NO/c1-23(2,18-11-4-3-5-12-18)24-22(25)20-15-14-17-9-6-8-16-10-7-13-19(20)21(16)17/h3-9,11-15H,10H2,1-2H3,(H,24,25). The summed E-state index contributed by atoms with van der Waals surface area (Å²) in [7, 11) is 0. The van der Waals surface area contributed by atoms with E-state index in [-0.39, 0.29) is 5.91 Å². The molecule has 0 radical (unpaired) electrons. The second-order valence-corrected chi connectivity index (χ2v) is 7.09. The molecule has 124 valence electrons. The van der Waals surface area contributed by atoms with E-state index in [1.807, 2.05) is 56.3 Å². The van der Waals surface area contributed by atoms with Crippen LogP contribution in [0.25, 0.3) is 16.8 Å². The lowest BCUT2D eigenvalue weighted by Crippen LogP contribution is -2.41. The van der Waals surface area contributed by atoms with Crippen LogP contribution in [0.15, 0.2) is 66.7 Å². The fraction of sp³-hybridized carbons (Fsp3) is 0.174. The van der Waals surface area contributed by atoms with Crippen molar-refractivity contribution in [1.82, 2.24) is 5.32 Å². The summed E-state index contributed by atoms with van der Waals surface area (Å²) in [6.07, 6.45) is 5.14. The van der Waals surface area contributed by atoms with Gasteiger partial charge in [-0.1, -0.05) is 66.7 Å². The third-order valence-electron chi connectivity index (χ3n) is 4.96. The maximum absolute atomic E-state index is 13.0. The first-order valence-corrected chi connectivity index (χ1v) is 8.65. The van der Waals surface area contributed by atoms with E-state index in [2.05, 4.69) is 35.7 Å². The third kappa shape index (κ3) is 2.74. The van der Waals surface area contributed by atoms with Gasteiger partial charge >= 0.3 is 0 Å². The van der Waals surface area contributed by atoms with Crippen LogP contribution in [0.1, 0.15) is 40.9 Å². The highest BCUT2D eigenvalue weighted by Crippen LogP contribution is 2.31. The van der Waals surface area contributed by atoms with Gasteiger partial charge in [-0.3, -0.25) is 4.79 Å². The Morgan fingerprint density at radius 2 is 1.76 bits per heavy atom. The van der Waals surface area contributed by atoms with Crippen molar-refractivity contribution >= 4 is 22.8 Å². The molecule has 0 aliphatic heterocycles. The summed E-state index contributed by atoms with van der Waals surface area (Å²) in [5.41, 5.74) is 3.71. The molecule has 0 aromatic heterocycles. The zero-order valence-electron chi connectivity index (χ0n) is 14.5. The average Bonchev–Trinajstić information content (AvgIpc) is 2.63. The fourth-order valence-electron chi connectivity index (χ4n) is 3.61. The molecule has 0 bridgehead atoms. The lowest BCUT2D eigenvalue weighted by atomic mass is 9.89. The van der Waals surface area contributed by atoms with Crippen LogP contribution in [0, 0.1) is 0 Å². The van der Waals surface area contributed by atoms with Crippen molar-refractivity contribution in [2.75, 3.05) is 0 Å². The highest BCUT2D eigenvalue weighted by Gasteiger charge is 2.25. The van der Waals surface area contributed by atoms with Gasteiger partial charge in [0.15, 0.2) is 0 Å². The molecule has 1 N–H and O–H groups in total. The smallest absolute Gasteiger partial charge is 0.252 e. The van der Waals surface area contributed by atoms with Crippen molar-refractivity contribution in [3.05, 3.63) is 89.0 Å². The molecule has 4 rings (SSSR count). The topological polar surface area (TPSA) is 29.1 Å². The molecular weight excluding hydrogens is 306 g/mol. The predicted molar refractivity (Wildman–Crippen MR) is 104 cm³/mol. The normalized spacial score (nSPS) is 13.0. The maximum atomic E-state index is 13.0. The van der Waals surface area contributed by atoms with E-state index in [4.69, 9.17) is 0 Å². The van der Waals surface area contributed by atoms with Crippen LogP contribution in [-0.2, 0) is 12.0 Å². The van der Waals surface area contributed by atoms with Gasteiger partial charge in [0.2, 0.25) is 0 Å². The lowest BCUT2D eigenvalue weighted by Gasteiger charge is -2.28. The van der Waals surface area contributed by atoms with Crippen molar-refractivity contribution in [3.8, 4) is 0 Å². The van der Waals surface area contributed by atoms with Crippen LogP contribution < -0.4 is 5.32 Å². The van der Waals surface area contributed by atoms with Crippen LogP contribution in [0.5, 0.6) is 0 Å². The Kier molecular flexibility index (Phi) is 3.69. The van der Waals surface area contributed by atoms with Crippen LogP contribution in [0.4, 0.5) is 0 Å². The number of carbonyl (C=O) groups is 1. The maximum Gasteiger partial charge on any atom is 0.252 e. The van der Waals surface area contributed by atoms with Crippen LogP contribution >= 0.6 is 0 Å². The van der Waals surface area contributed by atoms with Crippen molar-refractivity contribution in [2.45, 2.75) is 25.8 Å². The number of carbonyl (C=O) groups excluding carboxylic acids is 1. The molecule has 0 unspecified atom stereocenters. The summed E-state index contributed by atoms with van der Waals surface area (Å²) >= 11 is 0. The Labute approximate surface area is 148 Å². The minimum absolute atomic E-state index is 0.0351. The summed E-state index contributed by atoms with van der Waals surface area (Å²) in [6.45, 7) is 4.07. The van der Waals surface area contributed by atoms with Gasteiger partial charge in [-0.2, -0.15) is 0 Å². The zero-order chi connectivity index (χ0) is 17.4. The Morgan fingerprint density at radius 1 is 0.960 bits per heavy atom. The molecule has 0 spiro atoms. The number of hydrogen-bond acceptors (Lipinski definition) is 1. The molecule has 1 aliphatic rings. The monoisotopic (exact) mass is 327 g/mol. The first-order chi connectivity index (χ1) is 12.1. The van der Waals surface area contributed by atoms with Gasteiger partial charge in [-0.25, -0.2) is 0 Å². The van der Waals surface area contributed by atoms with Crippen molar-refractivity contribution < 1.29 is 4.79 Å². The van der Waals surface area contributed by atoms with E-state index < -0.39 is 5.54 Å². The van der Waals surface area contributed by atoms with Gasteiger partial charge in [-0.05, 0) is 53.8 Å². The predicted octanol–water partition coefficient (Wildman–Crippen LogP) is 5.07. The molecule has 3 aromatic carbocycles. The lowest BCUT2D eigenvalue weighted by molar-refractivity contribution is 0.0912. The average molecular weight is 327 g/mol. The molecule has 1 aliphatic carbocycles. The summed E-state index contributed by atoms with van der Waals surface area (Å²) in [6, 6.07) is 20.4. The third-order valence-corrected chi connectivity index (χ3v) is 4.96. The Morgan fingerprint density at radius 3 is 2.56 bits per heavy atom. The van der Waals surface area contributed by atoms with E-state index in [0.717, 1.165) is 23.1 Å². The number of nitrogens with one attached hydrogen (secondary N) is 1. The second kappa shape index (κ2) is 5.89. The Balaban J connectivity index is 1.74. The first-order valence-electron chi connectivity index (χ1n) is 8.65. The molecule has 3 aromatic rings. The van der Waals surface area contributed by atoms with E-state index in [9.17, 15) is 4.79 Å².